The van der Waals surface area contributed by atoms with Crippen LogP contribution in [0.5, 0.6) is 0 Å². The summed E-state index contributed by atoms with van der Waals surface area (Å²) < 4.78 is 0. The van der Waals surface area contributed by atoms with Crippen LogP contribution in [-0.4, -0.2) is 35.6 Å². The van der Waals surface area contributed by atoms with Crippen LogP contribution >= 0.6 is 0 Å². The summed E-state index contributed by atoms with van der Waals surface area (Å²) in [4.78, 5) is 37.9. The number of nitrogens with zero attached hydrogens (tertiary/aromatic N) is 1. The largest absolute Gasteiger partial charge is 0.339 e. The van der Waals surface area contributed by atoms with Crippen LogP contribution in [0.4, 0.5) is 5.69 Å². The summed E-state index contributed by atoms with van der Waals surface area (Å²) in [6, 6.07) is 16.6. The van der Waals surface area contributed by atoms with Gasteiger partial charge in [-0.1, -0.05) is 30.3 Å². The standard InChI is InChI=1S/C23H24N2O3/c1-17(26)19-8-10-21(11-9-19)24-23(28)20-13-15-25(16-14-20)22(27)12-7-18-5-3-2-4-6-18/h2-12,20H,13-16H2,1H3,(H,24,28). The Bertz CT molecular complexity index is 864. The topological polar surface area (TPSA) is 66.5 Å². The molecule has 0 aliphatic carbocycles. The molecule has 2 aromatic rings. The number of piperidine rings is 1. The number of hydrogen-bond donors (Lipinski definition) is 1. The highest BCUT2D eigenvalue weighted by molar-refractivity contribution is 5.96. The highest BCUT2D eigenvalue weighted by atomic mass is 16.2. The Kier molecular flexibility index (Phi) is 6.37. The molecule has 0 unspecified atom stereocenters. The van der Waals surface area contributed by atoms with Crippen LogP contribution in [0.15, 0.2) is 60.7 Å². The number of likely N-dealkylation sites (tertiary alicyclic amines) is 1. The third kappa shape index (κ3) is 5.16. The molecule has 0 atom stereocenters. The minimum atomic E-state index is -0.116. The van der Waals surface area contributed by atoms with Gasteiger partial charge in [-0.3, -0.25) is 14.4 Å². The Morgan fingerprint density at radius 1 is 0.964 bits per heavy atom. The third-order valence-corrected chi connectivity index (χ3v) is 4.95. The number of Topliss-reactive ketones (excluding diaryl/α,β-unsaturated/α-hetero) is 1. The van der Waals surface area contributed by atoms with Crippen LogP contribution < -0.4 is 5.32 Å². The summed E-state index contributed by atoms with van der Waals surface area (Å²) >= 11 is 0. The Morgan fingerprint density at radius 3 is 2.21 bits per heavy atom. The molecule has 1 aliphatic heterocycles. The molecular formula is C23H24N2O3. The van der Waals surface area contributed by atoms with Crippen molar-refractivity contribution in [1.29, 1.82) is 0 Å². The first-order valence-electron chi connectivity index (χ1n) is 9.47. The Hall–Kier alpha value is -3.21. The molecule has 3 rings (SSSR count). The molecule has 0 radical (unpaired) electrons. The molecule has 0 saturated carbocycles. The molecule has 2 aromatic carbocycles. The summed E-state index contributed by atoms with van der Waals surface area (Å²) in [6.45, 7) is 2.65. The molecule has 28 heavy (non-hydrogen) atoms. The number of carbonyl (C=O) groups excluding carboxylic acids is 3. The fourth-order valence-electron chi connectivity index (χ4n) is 3.23. The Labute approximate surface area is 165 Å². The van der Waals surface area contributed by atoms with Gasteiger partial charge in [-0.15, -0.1) is 0 Å². The van der Waals surface area contributed by atoms with Crippen molar-refractivity contribution in [2.24, 2.45) is 5.92 Å². The zero-order valence-electron chi connectivity index (χ0n) is 15.9. The zero-order chi connectivity index (χ0) is 19.9. The smallest absolute Gasteiger partial charge is 0.246 e. The maximum Gasteiger partial charge on any atom is 0.246 e. The average molecular weight is 376 g/mol. The maximum absolute atomic E-state index is 12.5. The van der Waals surface area contributed by atoms with E-state index in [4.69, 9.17) is 0 Å². The van der Waals surface area contributed by atoms with E-state index < -0.39 is 0 Å². The molecule has 1 saturated heterocycles. The number of nitrogens with one attached hydrogen (secondary N) is 1. The van der Waals surface area contributed by atoms with E-state index in [1.807, 2.05) is 36.4 Å². The predicted octanol–water partition coefficient (Wildman–Crippen LogP) is 3.78. The Balaban J connectivity index is 1.49. The minimum Gasteiger partial charge on any atom is -0.339 e. The lowest BCUT2D eigenvalue weighted by atomic mass is 9.95. The number of rotatable bonds is 5. The van der Waals surface area contributed by atoms with Crippen molar-refractivity contribution in [2.75, 3.05) is 18.4 Å². The van der Waals surface area contributed by atoms with E-state index in [1.54, 1.807) is 35.2 Å². The molecule has 2 amide bonds. The molecule has 5 nitrogen and oxygen atoms in total. The van der Waals surface area contributed by atoms with Crippen LogP contribution in [0, 0.1) is 5.92 Å². The van der Waals surface area contributed by atoms with Crippen LogP contribution in [-0.2, 0) is 9.59 Å². The van der Waals surface area contributed by atoms with E-state index in [1.165, 1.54) is 6.92 Å². The van der Waals surface area contributed by atoms with Crippen molar-refractivity contribution >= 4 is 29.4 Å². The van der Waals surface area contributed by atoms with Crippen LogP contribution in [0.1, 0.15) is 35.7 Å². The van der Waals surface area contributed by atoms with Crippen LogP contribution in [0.2, 0.25) is 0 Å². The molecule has 0 bridgehead atoms. The SMILES string of the molecule is CC(=O)c1ccc(NC(=O)C2CCN(C(=O)C=Cc3ccccc3)CC2)cc1. The third-order valence-electron chi connectivity index (χ3n) is 4.95. The summed E-state index contributed by atoms with van der Waals surface area (Å²) in [5.74, 6) is -0.184. The number of benzene rings is 2. The van der Waals surface area contributed by atoms with E-state index in [0.29, 0.717) is 37.2 Å². The van der Waals surface area contributed by atoms with Crippen molar-refractivity contribution in [2.45, 2.75) is 19.8 Å². The number of amides is 2. The average Bonchev–Trinajstić information content (AvgIpc) is 2.73. The molecular weight excluding hydrogens is 352 g/mol. The summed E-state index contributed by atoms with van der Waals surface area (Å²) in [6.07, 6.45) is 4.68. The van der Waals surface area contributed by atoms with Gasteiger partial charge in [0.25, 0.3) is 0 Å². The van der Waals surface area contributed by atoms with E-state index in [2.05, 4.69) is 5.32 Å². The van der Waals surface area contributed by atoms with Gasteiger partial charge in [-0.25, -0.2) is 0 Å². The highest BCUT2D eigenvalue weighted by Gasteiger charge is 2.26. The second kappa shape index (κ2) is 9.13. The number of ketones is 1. The molecule has 0 aromatic heterocycles. The molecule has 1 fully saturated rings. The van der Waals surface area contributed by atoms with Gasteiger partial charge in [-0.05, 0) is 55.7 Å². The first kappa shape index (κ1) is 19.5. The Morgan fingerprint density at radius 2 is 1.61 bits per heavy atom. The van der Waals surface area contributed by atoms with Crippen LogP contribution in [0.3, 0.4) is 0 Å². The van der Waals surface area contributed by atoms with Gasteiger partial charge in [0.05, 0.1) is 0 Å². The normalized spacial score (nSPS) is 14.8. The summed E-state index contributed by atoms with van der Waals surface area (Å²) in [7, 11) is 0. The van der Waals surface area contributed by atoms with Crippen molar-refractivity contribution in [3.8, 4) is 0 Å². The van der Waals surface area contributed by atoms with E-state index in [0.717, 1.165) is 5.56 Å². The van der Waals surface area contributed by atoms with Gasteiger partial charge in [0.1, 0.15) is 0 Å². The van der Waals surface area contributed by atoms with Gasteiger partial charge in [-0.2, -0.15) is 0 Å². The fourth-order valence-corrected chi connectivity index (χ4v) is 3.23. The fraction of sp³-hybridized carbons (Fsp3) is 0.261. The van der Waals surface area contributed by atoms with Crippen molar-refractivity contribution in [1.82, 2.24) is 4.90 Å². The first-order valence-corrected chi connectivity index (χ1v) is 9.47. The monoisotopic (exact) mass is 376 g/mol. The quantitative estimate of drug-likeness (QED) is 0.638. The van der Waals surface area contributed by atoms with Crippen LogP contribution in [0.25, 0.3) is 6.08 Å². The van der Waals surface area contributed by atoms with Gasteiger partial charge in [0.2, 0.25) is 11.8 Å². The summed E-state index contributed by atoms with van der Waals surface area (Å²) in [5, 5.41) is 2.90. The van der Waals surface area contributed by atoms with E-state index in [-0.39, 0.29) is 23.5 Å². The predicted molar refractivity (Wildman–Crippen MR) is 110 cm³/mol. The van der Waals surface area contributed by atoms with E-state index >= 15 is 0 Å². The maximum atomic E-state index is 12.5. The van der Waals surface area contributed by atoms with Gasteiger partial charge in [0, 0.05) is 36.3 Å². The van der Waals surface area contributed by atoms with Gasteiger partial charge in [0.15, 0.2) is 5.78 Å². The second-order valence-electron chi connectivity index (χ2n) is 6.97. The first-order chi connectivity index (χ1) is 13.5. The van der Waals surface area contributed by atoms with Crippen molar-refractivity contribution in [3.05, 3.63) is 71.8 Å². The molecule has 144 valence electrons. The zero-order valence-corrected chi connectivity index (χ0v) is 15.9. The summed E-state index contributed by atoms with van der Waals surface area (Å²) in [5.41, 5.74) is 2.29. The lowest BCUT2D eigenvalue weighted by molar-refractivity contribution is -0.130. The van der Waals surface area contributed by atoms with E-state index in [9.17, 15) is 14.4 Å². The van der Waals surface area contributed by atoms with Gasteiger partial charge < -0.3 is 10.2 Å². The minimum absolute atomic E-state index is 0.00349. The molecule has 1 heterocycles. The van der Waals surface area contributed by atoms with Crippen molar-refractivity contribution < 1.29 is 14.4 Å². The highest BCUT2D eigenvalue weighted by Crippen LogP contribution is 2.20. The van der Waals surface area contributed by atoms with Crippen molar-refractivity contribution in [3.63, 3.8) is 0 Å². The lowest BCUT2D eigenvalue weighted by Gasteiger charge is -2.30. The number of hydrogen-bond acceptors (Lipinski definition) is 3. The molecule has 5 heteroatoms. The van der Waals surface area contributed by atoms with Gasteiger partial charge >= 0.3 is 0 Å². The molecule has 0 spiro atoms. The molecule has 1 aliphatic rings. The number of carbonyl (C=O) groups is 3. The second-order valence-corrected chi connectivity index (χ2v) is 6.97. The number of anilines is 1. The lowest BCUT2D eigenvalue weighted by Crippen LogP contribution is -2.40. The molecule has 1 N–H and O–H groups in total.